The number of piperazine rings is 1. The highest BCUT2D eigenvalue weighted by Crippen LogP contribution is 2.30. The van der Waals surface area contributed by atoms with Crippen molar-refractivity contribution in [3.8, 4) is 0 Å². The van der Waals surface area contributed by atoms with Crippen molar-refractivity contribution >= 4 is 34.5 Å². The molecule has 29 heavy (non-hydrogen) atoms. The molecule has 1 unspecified atom stereocenters. The second kappa shape index (κ2) is 8.82. The van der Waals surface area contributed by atoms with Crippen LogP contribution in [0.3, 0.4) is 0 Å². The largest absolute Gasteiger partial charge is 0.480 e. The van der Waals surface area contributed by atoms with Gasteiger partial charge in [-0.05, 0) is 17.7 Å². The second-order valence-corrected chi connectivity index (χ2v) is 7.76. The highest BCUT2D eigenvalue weighted by Gasteiger charge is 2.31. The number of carbonyl (C=O) groups is 1. The zero-order chi connectivity index (χ0) is 20.2. The van der Waals surface area contributed by atoms with Crippen LogP contribution in [0.4, 0.5) is 0 Å². The van der Waals surface area contributed by atoms with Gasteiger partial charge in [0.25, 0.3) is 0 Å². The number of aliphatic carboxylic acids is 1. The normalized spacial score (nSPS) is 17.1. The minimum Gasteiger partial charge on any atom is -0.480 e. The van der Waals surface area contributed by atoms with Crippen LogP contribution in [0.2, 0.25) is 5.02 Å². The van der Waals surface area contributed by atoms with E-state index >= 15 is 0 Å². The van der Waals surface area contributed by atoms with E-state index in [1.54, 1.807) is 12.3 Å². The van der Waals surface area contributed by atoms with Gasteiger partial charge in [-0.25, -0.2) is 0 Å². The van der Waals surface area contributed by atoms with Crippen molar-refractivity contribution in [3.05, 3.63) is 77.0 Å². The fourth-order valence-electron chi connectivity index (χ4n) is 3.94. The third kappa shape index (κ3) is 4.53. The number of fused-ring (bicyclic) bond motifs is 1. The molecule has 4 rings (SSSR count). The number of aromatic amines is 1. The van der Waals surface area contributed by atoms with Gasteiger partial charge in [0, 0.05) is 60.4 Å². The Kier molecular flexibility index (Phi) is 6.00. The third-order valence-electron chi connectivity index (χ3n) is 5.45. The summed E-state index contributed by atoms with van der Waals surface area (Å²) in [5, 5.41) is 11.5. The van der Waals surface area contributed by atoms with E-state index in [2.05, 4.69) is 39.1 Å². The minimum atomic E-state index is -0.821. The van der Waals surface area contributed by atoms with E-state index < -0.39 is 12.0 Å². The van der Waals surface area contributed by atoms with Crippen LogP contribution >= 0.6 is 11.6 Å². The molecule has 2 aromatic carbocycles. The van der Waals surface area contributed by atoms with E-state index in [-0.39, 0.29) is 0 Å². The molecule has 0 bridgehead atoms. The molecule has 0 saturated carbocycles. The number of nitrogens with zero attached hydrogens (tertiary/aromatic N) is 2. The number of rotatable bonds is 6. The first-order chi connectivity index (χ1) is 14.1. The zero-order valence-corrected chi connectivity index (χ0v) is 16.8. The Hall–Kier alpha value is -2.60. The van der Waals surface area contributed by atoms with Crippen LogP contribution < -0.4 is 0 Å². The average Bonchev–Trinajstić information content (AvgIpc) is 3.12. The number of benzene rings is 2. The summed E-state index contributed by atoms with van der Waals surface area (Å²) in [4.78, 5) is 19.7. The summed E-state index contributed by atoms with van der Waals surface area (Å²) < 4.78 is 0. The van der Waals surface area contributed by atoms with Crippen molar-refractivity contribution in [1.29, 1.82) is 0 Å². The number of nitrogens with one attached hydrogen (secondary N) is 1. The Morgan fingerprint density at radius 1 is 1.14 bits per heavy atom. The molecule has 2 heterocycles. The lowest BCUT2D eigenvalue weighted by atomic mass is 10.0. The van der Waals surface area contributed by atoms with Crippen LogP contribution in [0.5, 0.6) is 0 Å². The summed E-state index contributed by atoms with van der Waals surface area (Å²) in [5.41, 5.74) is 2.85. The van der Waals surface area contributed by atoms with Crippen molar-refractivity contribution in [2.75, 3.05) is 32.7 Å². The van der Waals surface area contributed by atoms with Gasteiger partial charge in [-0.2, -0.15) is 0 Å². The molecule has 1 atom stereocenters. The Labute approximate surface area is 175 Å². The number of aromatic nitrogens is 1. The molecule has 6 heteroatoms. The molecule has 3 aromatic rings. The first kappa shape index (κ1) is 19.7. The molecule has 150 valence electrons. The molecular weight excluding hydrogens is 386 g/mol. The molecule has 1 saturated heterocycles. The first-order valence-electron chi connectivity index (χ1n) is 9.79. The highest BCUT2D eigenvalue weighted by atomic mass is 35.5. The average molecular weight is 410 g/mol. The second-order valence-electron chi connectivity index (χ2n) is 7.32. The summed E-state index contributed by atoms with van der Waals surface area (Å²) in [5.74, 6) is -0.821. The number of carboxylic acid groups (broad SMARTS) is 1. The van der Waals surface area contributed by atoms with E-state index in [9.17, 15) is 9.90 Å². The summed E-state index contributed by atoms with van der Waals surface area (Å²) in [7, 11) is 0. The molecule has 0 radical (unpaired) electrons. The number of halogens is 1. The molecule has 0 spiro atoms. The monoisotopic (exact) mass is 409 g/mol. The van der Waals surface area contributed by atoms with Gasteiger partial charge >= 0.3 is 5.97 Å². The lowest BCUT2D eigenvalue weighted by Gasteiger charge is -2.37. The van der Waals surface area contributed by atoms with Crippen LogP contribution in [-0.4, -0.2) is 58.6 Å². The molecule has 5 nitrogen and oxygen atoms in total. The van der Waals surface area contributed by atoms with Gasteiger partial charge in [0.2, 0.25) is 0 Å². The quantitative estimate of drug-likeness (QED) is 0.638. The topological polar surface area (TPSA) is 59.6 Å². The fourth-order valence-corrected chi connectivity index (χ4v) is 4.11. The predicted molar refractivity (Wildman–Crippen MR) is 117 cm³/mol. The van der Waals surface area contributed by atoms with Gasteiger partial charge in [0.05, 0.1) is 0 Å². The molecule has 2 N–H and O–H groups in total. The van der Waals surface area contributed by atoms with Crippen LogP contribution in [-0.2, 0) is 4.79 Å². The van der Waals surface area contributed by atoms with Crippen molar-refractivity contribution < 1.29 is 9.90 Å². The summed E-state index contributed by atoms with van der Waals surface area (Å²) in [6, 6.07) is 15.1. The molecule has 1 aliphatic heterocycles. The standard InChI is InChI=1S/C23H24ClN3O2/c24-18-8-9-19-20(16-25-21(19)15-18)22(23(28)29)27-13-11-26(12-14-27)10-4-7-17-5-2-1-3-6-17/h1-9,15-16,22,25H,10-14H2,(H,28,29). The maximum Gasteiger partial charge on any atom is 0.325 e. The maximum atomic E-state index is 12.1. The first-order valence-corrected chi connectivity index (χ1v) is 10.2. The van der Waals surface area contributed by atoms with E-state index in [0.29, 0.717) is 5.02 Å². The number of hydrogen-bond donors (Lipinski definition) is 2. The van der Waals surface area contributed by atoms with Crippen LogP contribution in [0.1, 0.15) is 17.2 Å². The smallest absolute Gasteiger partial charge is 0.325 e. The molecule has 1 aromatic heterocycles. The Balaban J connectivity index is 1.41. The lowest BCUT2D eigenvalue weighted by Crippen LogP contribution is -2.49. The van der Waals surface area contributed by atoms with Gasteiger partial charge in [-0.3, -0.25) is 14.6 Å². The van der Waals surface area contributed by atoms with Gasteiger partial charge in [-0.15, -0.1) is 0 Å². The SMILES string of the molecule is O=C(O)C(c1c[nH]c2cc(Cl)ccc12)N1CCN(CC=Cc2ccccc2)CC1. The van der Waals surface area contributed by atoms with Crippen LogP contribution in [0.15, 0.2) is 60.8 Å². The van der Waals surface area contributed by atoms with Crippen molar-refractivity contribution in [3.63, 3.8) is 0 Å². The van der Waals surface area contributed by atoms with E-state index in [4.69, 9.17) is 11.6 Å². The third-order valence-corrected chi connectivity index (χ3v) is 5.68. The van der Waals surface area contributed by atoms with E-state index in [0.717, 1.165) is 49.2 Å². The van der Waals surface area contributed by atoms with Crippen molar-refractivity contribution in [1.82, 2.24) is 14.8 Å². The molecule has 0 aliphatic carbocycles. The Morgan fingerprint density at radius 2 is 1.90 bits per heavy atom. The number of carboxylic acids is 1. The van der Waals surface area contributed by atoms with Gasteiger partial charge in [-0.1, -0.05) is 60.2 Å². The predicted octanol–water partition coefficient (Wildman–Crippen LogP) is 4.28. The van der Waals surface area contributed by atoms with Crippen molar-refractivity contribution in [2.45, 2.75) is 6.04 Å². The van der Waals surface area contributed by atoms with Gasteiger partial charge in [0.15, 0.2) is 0 Å². The maximum absolute atomic E-state index is 12.1. The summed E-state index contributed by atoms with van der Waals surface area (Å²) in [6.45, 7) is 3.99. The Bertz CT molecular complexity index is 1010. The van der Waals surface area contributed by atoms with E-state index in [1.165, 1.54) is 5.56 Å². The van der Waals surface area contributed by atoms with Gasteiger partial charge < -0.3 is 10.1 Å². The lowest BCUT2D eigenvalue weighted by molar-refractivity contribution is -0.144. The molecule has 1 fully saturated rings. The highest BCUT2D eigenvalue weighted by molar-refractivity contribution is 6.31. The van der Waals surface area contributed by atoms with Crippen LogP contribution in [0.25, 0.3) is 17.0 Å². The fraction of sp³-hybridized carbons (Fsp3) is 0.261. The zero-order valence-electron chi connectivity index (χ0n) is 16.1. The van der Waals surface area contributed by atoms with Gasteiger partial charge in [0.1, 0.15) is 6.04 Å². The van der Waals surface area contributed by atoms with E-state index in [1.807, 2.05) is 30.3 Å². The number of H-pyrrole nitrogens is 1. The molecule has 1 aliphatic rings. The van der Waals surface area contributed by atoms with Crippen molar-refractivity contribution in [2.24, 2.45) is 0 Å². The Morgan fingerprint density at radius 3 is 2.62 bits per heavy atom. The number of hydrogen-bond acceptors (Lipinski definition) is 3. The minimum absolute atomic E-state index is 0.634. The van der Waals surface area contributed by atoms with Crippen LogP contribution in [0, 0.1) is 0 Å². The molecule has 0 amide bonds. The summed E-state index contributed by atoms with van der Waals surface area (Å²) >= 11 is 6.06. The molecular formula is C23H24ClN3O2. The summed E-state index contributed by atoms with van der Waals surface area (Å²) in [6.07, 6.45) is 6.10.